The maximum Gasteiger partial charge on any atom is 0.372 e. The minimum atomic E-state index is -3.94. The van der Waals surface area contributed by atoms with E-state index >= 15 is 0 Å². The van der Waals surface area contributed by atoms with Crippen LogP contribution in [0.1, 0.15) is 36.5 Å². The van der Waals surface area contributed by atoms with Gasteiger partial charge in [0.1, 0.15) is 30.0 Å². The van der Waals surface area contributed by atoms with Crippen molar-refractivity contribution in [1.29, 1.82) is 10.8 Å². The van der Waals surface area contributed by atoms with Crippen molar-refractivity contribution >= 4 is 33.4 Å². The van der Waals surface area contributed by atoms with Gasteiger partial charge < -0.3 is 25.2 Å². The predicted molar refractivity (Wildman–Crippen MR) is 169 cm³/mol. The number of nitrogens with one attached hydrogen (secondary N) is 3. The van der Waals surface area contributed by atoms with E-state index in [1.165, 1.54) is 30.3 Å². The van der Waals surface area contributed by atoms with Gasteiger partial charge in [-0.15, -0.1) is 0 Å². The van der Waals surface area contributed by atoms with Crippen molar-refractivity contribution in [2.45, 2.75) is 49.6 Å². The van der Waals surface area contributed by atoms with Gasteiger partial charge >= 0.3 is 5.97 Å². The molecule has 1 heterocycles. The molecule has 6 N–H and O–H groups in total. The maximum atomic E-state index is 13.3. The molecule has 0 unspecified atom stereocenters. The summed E-state index contributed by atoms with van der Waals surface area (Å²) >= 11 is 0. The number of nitrogen functional groups attached to an aromatic ring is 1. The fraction of sp³-hybridized carbons (Fsp3) is 0.312. The highest BCUT2D eigenvalue weighted by atomic mass is 32.2. The van der Waals surface area contributed by atoms with Gasteiger partial charge in [0.05, 0.1) is 16.8 Å². The molecule has 45 heavy (non-hydrogen) atoms. The number of ketones is 1. The van der Waals surface area contributed by atoms with Crippen LogP contribution in [0.5, 0.6) is 11.5 Å². The Morgan fingerprint density at radius 3 is 2.31 bits per heavy atom. The summed E-state index contributed by atoms with van der Waals surface area (Å²) in [7, 11) is -3.94. The third-order valence-electron chi connectivity index (χ3n) is 7.41. The number of carboxylic acids is 1. The Kier molecular flexibility index (Phi) is 10.9. The molecule has 0 amide bonds. The second-order valence-corrected chi connectivity index (χ2v) is 12.5. The third-order valence-corrected chi connectivity index (χ3v) is 8.94. The Hall–Kier alpha value is -4.75. The maximum absolute atomic E-state index is 13.3. The molecular weight excluding hydrogens is 598 g/mol. The third kappa shape index (κ3) is 9.37. The number of likely N-dealkylation sites (tertiary alicyclic amines) is 1. The van der Waals surface area contributed by atoms with Crippen molar-refractivity contribution in [2.24, 2.45) is 5.73 Å². The molecule has 1 saturated heterocycles. The summed E-state index contributed by atoms with van der Waals surface area (Å²) in [6.07, 6.45) is 1.44. The first-order chi connectivity index (χ1) is 21.4. The van der Waals surface area contributed by atoms with E-state index in [4.69, 9.17) is 31.1 Å². The zero-order valence-electron chi connectivity index (χ0n) is 24.9. The highest BCUT2D eigenvalue weighted by Crippen LogP contribution is 2.24. The fourth-order valence-corrected chi connectivity index (χ4v) is 6.20. The lowest BCUT2D eigenvalue weighted by molar-refractivity contribution is -0.148. The number of piperidine rings is 1. The Bertz CT molecular complexity index is 1640. The van der Waals surface area contributed by atoms with Crippen LogP contribution in [0, 0.1) is 10.8 Å². The minimum absolute atomic E-state index is 0.0400. The highest BCUT2D eigenvalue weighted by molar-refractivity contribution is 7.89. The molecule has 0 aliphatic carbocycles. The second kappa shape index (κ2) is 14.8. The van der Waals surface area contributed by atoms with Gasteiger partial charge in [0.25, 0.3) is 0 Å². The van der Waals surface area contributed by atoms with Gasteiger partial charge in [-0.1, -0.05) is 42.5 Å². The molecule has 1 aliphatic rings. The summed E-state index contributed by atoms with van der Waals surface area (Å²) in [5.41, 5.74) is 7.00. The first-order valence-electron chi connectivity index (χ1n) is 14.4. The van der Waals surface area contributed by atoms with Crippen LogP contribution in [0.2, 0.25) is 0 Å². The molecular formula is C32H37N5O7S. The first kappa shape index (κ1) is 33.1. The van der Waals surface area contributed by atoms with Gasteiger partial charge in [-0.3, -0.25) is 15.6 Å². The molecule has 3 aromatic carbocycles. The van der Waals surface area contributed by atoms with Crippen LogP contribution in [0.25, 0.3) is 0 Å². The van der Waals surface area contributed by atoms with E-state index in [2.05, 4.69) is 4.72 Å². The number of sulfonamides is 1. The van der Waals surface area contributed by atoms with Crippen LogP contribution >= 0.6 is 0 Å². The molecule has 4 rings (SSSR count). The molecule has 12 nitrogen and oxygen atoms in total. The summed E-state index contributed by atoms with van der Waals surface area (Å²) < 4.78 is 41.4. The lowest BCUT2D eigenvalue weighted by Crippen LogP contribution is -2.40. The Balaban J connectivity index is 1.52. The van der Waals surface area contributed by atoms with Gasteiger partial charge in [-0.2, -0.15) is 0 Å². The Morgan fingerprint density at radius 1 is 1.04 bits per heavy atom. The lowest BCUT2D eigenvalue weighted by atomic mass is 10.0. The fourth-order valence-electron chi connectivity index (χ4n) is 4.95. The van der Waals surface area contributed by atoms with Crippen molar-refractivity contribution in [3.05, 3.63) is 89.5 Å². The number of amidine groups is 2. The Morgan fingerprint density at radius 2 is 1.71 bits per heavy atom. The summed E-state index contributed by atoms with van der Waals surface area (Å²) in [6, 6.07) is 18.9. The monoisotopic (exact) mass is 635 g/mol. The van der Waals surface area contributed by atoms with Gasteiger partial charge in [-0.25, -0.2) is 17.9 Å². The van der Waals surface area contributed by atoms with Gasteiger partial charge in [0.15, 0.2) is 0 Å². The quantitative estimate of drug-likeness (QED) is 0.100. The number of carboxylic acid groups (broad SMARTS) is 1. The average Bonchev–Trinajstić information content (AvgIpc) is 3.01. The van der Waals surface area contributed by atoms with Crippen molar-refractivity contribution in [2.75, 3.05) is 19.7 Å². The van der Waals surface area contributed by atoms with Crippen LogP contribution in [0.3, 0.4) is 0 Å². The zero-order valence-corrected chi connectivity index (χ0v) is 25.7. The van der Waals surface area contributed by atoms with E-state index < -0.39 is 34.2 Å². The van der Waals surface area contributed by atoms with Gasteiger partial charge in [-0.05, 0) is 49.2 Å². The number of hydrogen-bond donors (Lipinski definition) is 5. The van der Waals surface area contributed by atoms with Crippen LogP contribution in [-0.4, -0.2) is 73.7 Å². The average molecular weight is 636 g/mol. The van der Waals surface area contributed by atoms with E-state index in [1.807, 2.05) is 29.2 Å². The minimum Gasteiger partial charge on any atom is -0.492 e. The highest BCUT2D eigenvalue weighted by Gasteiger charge is 2.24. The van der Waals surface area contributed by atoms with Crippen LogP contribution in [0.4, 0.5) is 0 Å². The van der Waals surface area contributed by atoms with Crippen molar-refractivity contribution in [3.63, 3.8) is 0 Å². The Labute approximate surface area is 262 Å². The molecule has 1 fully saturated rings. The smallest absolute Gasteiger partial charge is 0.372 e. The molecule has 0 aromatic heterocycles. The lowest BCUT2D eigenvalue weighted by Gasteiger charge is -2.32. The number of hydrogen-bond acceptors (Lipinski definition) is 8. The topological polar surface area (TPSA) is 196 Å². The number of rotatable bonds is 14. The first-order valence-corrected chi connectivity index (χ1v) is 15.9. The molecule has 1 aliphatic heterocycles. The molecule has 3 aromatic rings. The number of aliphatic carboxylic acids is 1. The summed E-state index contributed by atoms with van der Waals surface area (Å²) in [6.45, 7) is 3.14. The number of nitrogens with two attached hydrogens (primary N) is 1. The SMILES string of the molecule is CC(=N)N1CCC(Oc2ccc(C[C@@H](COc3cc(C(=N)N)ccc3CC(=O)C(=O)O)NS(=O)(=O)c3ccccc3)cc2)CC1. The normalized spacial score (nSPS) is 14.4. The van der Waals surface area contributed by atoms with Gasteiger partial charge in [0.2, 0.25) is 15.8 Å². The number of nitrogens with zero attached hydrogens (tertiary/aromatic N) is 1. The molecule has 0 saturated carbocycles. The number of benzene rings is 3. The van der Waals surface area contributed by atoms with E-state index in [1.54, 1.807) is 25.1 Å². The van der Waals surface area contributed by atoms with Crippen molar-refractivity contribution in [3.8, 4) is 11.5 Å². The summed E-state index contributed by atoms with van der Waals surface area (Å²) in [4.78, 5) is 25.2. The molecule has 238 valence electrons. The van der Waals surface area contributed by atoms with E-state index in [0.717, 1.165) is 31.5 Å². The molecule has 13 heteroatoms. The predicted octanol–water partition coefficient (Wildman–Crippen LogP) is 2.98. The number of carbonyl (C=O) groups excluding carboxylic acids is 1. The number of carbonyl (C=O) groups is 2. The molecule has 0 radical (unpaired) electrons. The van der Waals surface area contributed by atoms with Crippen molar-refractivity contribution < 1.29 is 32.6 Å². The van der Waals surface area contributed by atoms with Crippen LogP contribution in [-0.2, 0) is 32.5 Å². The standard InChI is InChI=1S/C32H37N5O7S/c1-21(33)37-15-13-27(14-16-37)44-26-11-7-22(8-12-26)17-25(36-45(41,42)28-5-3-2-4-6-28)20-43-30-19-24(31(34)35)10-9-23(30)18-29(38)32(39)40/h2-12,19,25,27,33,36H,13-18,20H2,1H3,(H3,34,35)(H,39,40)/t25-/m0/s1. The van der Waals surface area contributed by atoms with E-state index in [0.29, 0.717) is 17.1 Å². The zero-order chi connectivity index (χ0) is 32.6. The summed E-state index contributed by atoms with van der Waals surface area (Å²) in [5.74, 6) is -1.53. The number of ether oxygens (including phenoxy) is 2. The molecule has 0 bridgehead atoms. The number of Topliss-reactive ketones (excluding diaryl/α,β-unsaturated/α-hetero) is 1. The van der Waals surface area contributed by atoms with Gasteiger partial charge in [0, 0.05) is 43.5 Å². The summed E-state index contributed by atoms with van der Waals surface area (Å²) in [5, 5.41) is 24.7. The van der Waals surface area contributed by atoms with Crippen molar-refractivity contribution in [1.82, 2.24) is 9.62 Å². The molecule has 0 spiro atoms. The van der Waals surface area contributed by atoms with E-state index in [9.17, 15) is 18.0 Å². The van der Waals surface area contributed by atoms with Crippen LogP contribution < -0.4 is 19.9 Å². The second-order valence-electron chi connectivity index (χ2n) is 10.8. The van der Waals surface area contributed by atoms with Crippen LogP contribution in [0.15, 0.2) is 77.7 Å². The van der Waals surface area contributed by atoms with E-state index in [-0.39, 0.29) is 41.2 Å². The largest absolute Gasteiger partial charge is 0.492 e. The molecule has 1 atom stereocenters.